The Labute approximate surface area is 158 Å². The van der Waals surface area contributed by atoms with E-state index in [2.05, 4.69) is 10.6 Å². The summed E-state index contributed by atoms with van der Waals surface area (Å²) < 4.78 is 5.39. The number of para-hydroxylation sites is 1. The molecule has 1 atom stereocenters. The van der Waals surface area contributed by atoms with Gasteiger partial charge < -0.3 is 25.4 Å². The van der Waals surface area contributed by atoms with Crippen LogP contribution < -0.4 is 10.6 Å². The van der Waals surface area contributed by atoms with E-state index in [-0.39, 0.29) is 35.8 Å². The van der Waals surface area contributed by atoms with Crippen molar-refractivity contribution in [2.75, 3.05) is 25.0 Å². The van der Waals surface area contributed by atoms with Gasteiger partial charge in [0, 0.05) is 19.1 Å². The Morgan fingerprint density at radius 1 is 1.26 bits per heavy atom. The molecule has 2 rings (SSSR count). The third-order valence-electron chi connectivity index (χ3n) is 4.06. The van der Waals surface area contributed by atoms with Crippen molar-refractivity contribution in [2.45, 2.75) is 45.3 Å². The number of ether oxygens (including phenoxy) is 1. The summed E-state index contributed by atoms with van der Waals surface area (Å²) in [5.74, 6) is -1.43. The average molecular weight is 377 g/mol. The summed E-state index contributed by atoms with van der Waals surface area (Å²) in [7, 11) is 0. The zero-order valence-electron chi connectivity index (χ0n) is 15.9. The van der Waals surface area contributed by atoms with Crippen LogP contribution in [-0.2, 0) is 9.53 Å². The van der Waals surface area contributed by atoms with Crippen LogP contribution >= 0.6 is 0 Å². The Balaban J connectivity index is 1.85. The molecule has 8 nitrogen and oxygen atoms in total. The number of anilines is 1. The Kier molecular flexibility index (Phi) is 6.79. The number of nitrogens with one attached hydrogen (secondary N) is 2. The number of amides is 2. The second-order valence-electron chi connectivity index (χ2n) is 7.55. The van der Waals surface area contributed by atoms with Gasteiger partial charge in [-0.2, -0.15) is 0 Å². The zero-order valence-corrected chi connectivity index (χ0v) is 15.9. The minimum absolute atomic E-state index is 0.0215. The van der Waals surface area contributed by atoms with Crippen molar-refractivity contribution < 1.29 is 24.2 Å². The molecule has 1 aromatic carbocycles. The first-order valence-electron chi connectivity index (χ1n) is 8.99. The minimum Gasteiger partial charge on any atom is -0.478 e. The first kappa shape index (κ1) is 20.7. The van der Waals surface area contributed by atoms with Crippen molar-refractivity contribution in [2.24, 2.45) is 0 Å². The quantitative estimate of drug-likeness (QED) is 0.727. The van der Waals surface area contributed by atoms with Gasteiger partial charge in [0.15, 0.2) is 0 Å². The van der Waals surface area contributed by atoms with Gasteiger partial charge in [0.2, 0.25) is 5.91 Å². The first-order valence-corrected chi connectivity index (χ1v) is 8.99. The summed E-state index contributed by atoms with van der Waals surface area (Å²) in [5.41, 5.74) is -0.245. The van der Waals surface area contributed by atoms with Crippen molar-refractivity contribution in [3.63, 3.8) is 0 Å². The molecule has 2 amide bonds. The van der Waals surface area contributed by atoms with E-state index in [1.807, 2.05) is 20.8 Å². The number of hydrogen-bond acceptors (Lipinski definition) is 5. The lowest BCUT2D eigenvalue weighted by atomic mass is 10.1. The van der Waals surface area contributed by atoms with Crippen molar-refractivity contribution in [3.05, 3.63) is 29.8 Å². The van der Waals surface area contributed by atoms with Crippen molar-refractivity contribution >= 4 is 23.7 Å². The monoisotopic (exact) mass is 377 g/mol. The van der Waals surface area contributed by atoms with Crippen LogP contribution in [0.2, 0.25) is 0 Å². The molecule has 1 fully saturated rings. The Morgan fingerprint density at radius 2 is 1.96 bits per heavy atom. The topological polar surface area (TPSA) is 108 Å². The molecule has 1 aliphatic heterocycles. The number of likely N-dealkylation sites (tertiary alicyclic amines) is 1. The highest BCUT2D eigenvalue weighted by molar-refractivity contribution is 6.01. The van der Waals surface area contributed by atoms with E-state index in [0.29, 0.717) is 13.1 Å². The standard InChI is InChI=1S/C19H27N3O5/c1-19(2,3)27-18(26)22-10-6-7-13(12-22)20-11-16(23)21-15-9-5-4-8-14(15)17(24)25/h4-5,8-9,13,20H,6-7,10-12H2,1-3H3,(H,21,23)(H,24,25)/t13-/m1/s1. The van der Waals surface area contributed by atoms with E-state index in [0.717, 1.165) is 12.8 Å². The lowest BCUT2D eigenvalue weighted by Gasteiger charge is -2.34. The van der Waals surface area contributed by atoms with E-state index in [1.54, 1.807) is 23.1 Å². The highest BCUT2D eigenvalue weighted by atomic mass is 16.6. The largest absolute Gasteiger partial charge is 0.478 e. The summed E-state index contributed by atoms with van der Waals surface area (Å²) in [6.45, 7) is 6.59. The van der Waals surface area contributed by atoms with Gasteiger partial charge in [-0.3, -0.25) is 4.79 Å². The number of aromatic carboxylic acids is 1. The minimum atomic E-state index is -1.10. The third-order valence-corrected chi connectivity index (χ3v) is 4.06. The number of carboxylic acids is 1. The second kappa shape index (κ2) is 8.85. The van der Waals surface area contributed by atoms with Crippen LogP contribution in [0.5, 0.6) is 0 Å². The molecule has 0 bridgehead atoms. The van der Waals surface area contributed by atoms with Gasteiger partial charge in [-0.25, -0.2) is 9.59 Å². The van der Waals surface area contributed by atoms with Crippen LogP contribution in [0.15, 0.2) is 24.3 Å². The molecule has 0 saturated carbocycles. The molecule has 0 unspecified atom stereocenters. The van der Waals surface area contributed by atoms with E-state index in [1.165, 1.54) is 6.07 Å². The smallest absolute Gasteiger partial charge is 0.410 e. The second-order valence-corrected chi connectivity index (χ2v) is 7.55. The number of carbonyl (C=O) groups excluding carboxylic acids is 2. The highest BCUT2D eigenvalue weighted by Crippen LogP contribution is 2.16. The number of nitrogens with zero attached hydrogens (tertiary/aromatic N) is 1. The number of hydrogen-bond donors (Lipinski definition) is 3. The predicted octanol–water partition coefficient (Wildman–Crippen LogP) is 2.31. The molecule has 148 valence electrons. The SMILES string of the molecule is CC(C)(C)OC(=O)N1CCC[C@@H](NCC(=O)Nc2ccccc2C(=O)O)C1. The van der Waals surface area contributed by atoms with Gasteiger partial charge in [0.05, 0.1) is 17.8 Å². The number of piperidine rings is 1. The average Bonchev–Trinajstić information content (AvgIpc) is 2.59. The highest BCUT2D eigenvalue weighted by Gasteiger charge is 2.27. The summed E-state index contributed by atoms with van der Waals surface area (Å²) in [6, 6.07) is 6.23. The summed E-state index contributed by atoms with van der Waals surface area (Å²) >= 11 is 0. The van der Waals surface area contributed by atoms with Gasteiger partial charge in [0.1, 0.15) is 5.60 Å². The lowest BCUT2D eigenvalue weighted by Crippen LogP contribution is -2.50. The lowest BCUT2D eigenvalue weighted by molar-refractivity contribution is -0.115. The molecule has 8 heteroatoms. The van der Waals surface area contributed by atoms with Crippen LogP contribution in [0.1, 0.15) is 44.0 Å². The molecule has 0 radical (unpaired) electrons. The van der Waals surface area contributed by atoms with E-state index in [4.69, 9.17) is 9.84 Å². The fourth-order valence-electron chi connectivity index (χ4n) is 2.85. The van der Waals surface area contributed by atoms with Crippen molar-refractivity contribution in [1.29, 1.82) is 0 Å². The number of rotatable bonds is 5. The van der Waals surface area contributed by atoms with Crippen LogP contribution in [0.3, 0.4) is 0 Å². The van der Waals surface area contributed by atoms with Crippen LogP contribution in [0.25, 0.3) is 0 Å². The maximum Gasteiger partial charge on any atom is 0.410 e. The van der Waals surface area contributed by atoms with E-state index >= 15 is 0 Å². The third kappa shape index (κ3) is 6.56. The molecular weight excluding hydrogens is 350 g/mol. The van der Waals surface area contributed by atoms with Gasteiger partial charge >= 0.3 is 12.1 Å². The van der Waals surface area contributed by atoms with E-state index < -0.39 is 11.6 Å². The van der Waals surface area contributed by atoms with Gasteiger partial charge in [0.25, 0.3) is 0 Å². The predicted molar refractivity (Wildman–Crippen MR) is 101 cm³/mol. The Hall–Kier alpha value is -2.61. The summed E-state index contributed by atoms with van der Waals surface area (Å²) in [6.07, 6.45) is 1.31. The normalized spacial score (nSPS) is 17.3. The Bertz CT molecular complexity index is 699. The van der Waals surface area contributed by atoms with Crippen LogP contribution in [0, 0.1) is 0 Å². The fraction of sp³-hybridized carbons (Fsp3) is 0.526. The molecule has 1 aliphatic rings. The summed E-state index contributed by atoms with van der Waals surface area (Å²) in [4.78, 5) is 37.2. The van der Waals surface area contributed by atoms with E-state index in [9.17, 15) is 14.4 Å². The molecule has 1 aromatic rings. The molecule has 1 heterocycles. The summed E-state index contributed by atoms with van der Waals surface area (Å²) in [5, 5.41) is 14.9. The zero-order chi connectivity index (χ0) is 20.0. The van der Waals surface area contributed by atoms with Crippen molar-refractivity contribution in [1.82, 2.24) is 10.2 Å². The molecule has 3 N–H and O–H groups in total. The van der Waals surface area contributed by atoms with Crippen LogP contribution in [0.4, 0.5) is 10.5 Å². The van der Waals surface area contributed by atoms with Crippen molar-refractivity contribution in [3.8, 4) is 0 Å². The molecule has 27 heavy (non-hydrogen) atoms. The van der Waals surface area contributed by atoms with Gasteiger partial charge in [-0.05, 0) is 45.7 Å². The number of benzene rings is 1. The molecule has 1 saturated heterocycles. The van der Waals surface area contributed by atoms with Gasteiger partial charge in [-0.1, -0.05) is 12.1 Å². The number of carbonyl (C=O) groups is 3. The first-order chi connectivity index (χ1) is 12.7. The fourth-order valence-corrected chi connectivity index (χ4v) is 2.85. The molecule has 0 aromatic heterocycles. The molecular formula is C19H27N3O5. The molecule has 0 spiro atoms. The van der Waals surface area contributed by atoms with Gasteiger partial charge in [-0.15, -0.1) is 0 Å². The Morgan fingerprint density at radius 3 is 2.63 bits per heavy atom. The maximum atomic E-state index is 12.2. The number of carboxylic acid groups (broad SMARTS) is 1. The molecule has 0 aliphatic carbocycles. The maximum absolute atomic E-state index is 12.2. The van der Waals surface area contributed by atoms with Crippen LogP contribution in [-0.4, -0.2) is 59.3 Å².